The lowest BCUT2D eigenvalue weighted by Gasteiger charge is -2.24. The van der Waals surface area contributed by atoms with Crippen LogP contribution in [0.2, 0.25) is 0 Å². The van der Waals surface area contributed by atoms with Crippen molar-refractivity contribution in [2.75, 3.05) is 0 Å². The van der Waals surface area contributed by atoms with E-state index in [1.54, 1.807) is 6.07 Å². The Kier molecular flexibility index (Phi) is 4.72. The van der Waals surface area contributed by atoms with Crippen LogP contribution >= 0.6 is 0 Å². The van der Waals surface area contributed by atoms with Gasteiger partial charge in [-0.3, -0.25) is 0 Å². The first-order valence-electron chi connectivity index (χ1n) is 8.49. The summed E-state index contributed by atoms with van der Waals surface area (Å²) in [7, 11) is 0. The van der Waals surface area contributed by atoms with Gasteiger partial charge in [-0.15, -0.1) is 0 Å². The zero-order valence-corrected chi connectivity index (χ0v) is 15.9. The molecule has 2 heteroatoms. The van der Waals surface area contributed by atoms with Crippen LogP contribution in [0, 0.1) is 6.07 Å². The van der Waals surface area contributed by atoms with Crippen molar-refractivity contribution in [2.45, 2.75) is 65.2 Å². The molecule has 0 amide bonds. The van der Waals surface area contributed by atoms with Gasteiger partial charge in [0.1, 0.15) is 11.5 Å². The maximum Gasteiger partial charge on any atom is 0.127 e. The fourth-order valence-corrected chi connectivity index (χ4v) is 2.81. The Morgan fingerprint density at radius 1 is 0.833 bits per heavy atom. The van der Waals surface area contributed by atoms with Crippen LogP contribution in [0.25, 0.3) is 0 Å². The molecule has 2 N–H and O–H groups in total. The fraction of sp³-hybridized carbons (Fsp3) is 0.455. The van der Waals surface area contributed by atoms with Crippen molar-refractivity contribution < 1.29 is 10.2 Å². The molecular formula is C22H29O2. The first-order chi connectivity index (χ1) is 10.9. The summed E-state index contributed by atoms with van der Waals surface area (Å²) in [6.07, 6.45) is 0. The second-order valence-corrected chi connectivity index (χ2v) is 8.69. The molecule has 0 saturated carbocycles. The van der Waals surface area contributed by atoms with E-state index in [1.165, 1.54) is 0 Å². The number of rotatable bonds is 2. The van der Waals surface area contributed by atoms with E-state index in [0.717, 1.165) is 22.3 Å². The Morgan fingerprint density at radius 3 is 1.92 bits per heavy atom. The smallest absolute Gasteiger partial charge is 0.127 e. The molecule has 129 valence electrons. The number of hydrogen-bond acceptors (Lipinski definition) is 2. The zero-order chi connectivity index (χ0) is 18.3. The highest BCUT2D eigenvalue weighted by atomic mass is 16.3. The van der Waals surface area contributed by atoms with Crippen LogP contribution in [0.15, 0.2) is 30.3 Å². The lowest BCUT2D eigenvalue weighted by molar-refractivity contribution is 0.454. The quantitative estimate of drug-likeness (QED) is 0.749. The molecule has 0 aliphatic rings. The molecule has 1 unspecified atom stereocenters. The molecule has 0 spiro atoms. The first kappa shape index (κ1) is 18.4. The van der Waals surface area contributed by atoms with Gasteiger partial charge in [-0.25, -0.2) is 0 Å². The molecule has 1 atom stereocenters. The van der Waals surface area contributed by atoms with Crippen LogP contribution in [0.4, 0.5) is 0 Å². The van der Waals surface area contributed by atoms with Gasteiger partial charge in [0.15, 0.2) is 0 Å². The number of benzene rings is 2. The second-order valence-electron chi connectivity index (χ2n) is 8.69. The zero-order valence-electron chi connectivity index (χ0n) is 15.9. The number of phenols is 2. The minimum Gasteiger partial charge on any atom is -0.508 e. The molecule has 2 aromatic carbocycles. The van der Waals surface area contributed by atoms with E-state index in [9.17, 15) is 10.2 Å². The molecule has 0 aromatic heterocycles. The van der Waals surface area contributed by atoms with Crippen LogP contribution in [0.1, 0.15) is 76.6 Å². The van der Waals surface area contributed by atoms with E-state index in [-0.39, 0.29) is 28.2 Å². The topological polar surface area (TPSA) is 40.5 Å². The van der Waals surface area contributed by atoms with Crippen molar-refractivity contribution in [3.05, 3.63) is 58.7 Å². The maximum absolute atomic E-state index is 10.4. The van der Waals surface area contributed by atoms with Gasteiger partial charge < -0.3 is 10.2 Å². The Bertz CT molecular complexity index is 667. The summed E-state index contributed by atoms with van der Waals surface area (Å²) < 4.78 is 0. The average Bonchev–Trinajstić information content (AvgIpc) is 2.45. The molecule has 0 heterocycles. The largest absolute Gasteiger partial charge is 0.508 e. The highest BCUT2D eigenvalue weighted by Gasteiger charge is 2.22. The van der Waals surface area contributed by atoms with Crippen LogP contribution < -0.4 is 0 Å². The van der Waals surface area contributed by atoms with Gasteiger partial charge >= 0.3 is 0 Å². The Morgan fingerprint density at radius 2 is 1.38 bits per heavy atom. The van der Waals surface area contributed by atoms with Crippen molar-refractivity contribution in [1.82, 2.24) is 0 Å². The van der Waals surface area contributed by atoms with Crippen LogP contribution in [0.5, 0.6) is 11.5 Å². The predicted molar refractivity (Wildman–Crippen MR) is 100.0 cm³/mol. The normalized spacial score (nSPS) is 12.7. The molecule has 2 aromatic rings. The number of phenolic OH excluding ortho intramolecular Hbond substituents is 2. The molecule has 1 radical (unpaired) electrons. The molecule has 0 fully saturated rings. The van der Waals surface area contributed by atoms with Gasteiger partial charge in [0.25, 0.3) is 0 Å². The maximum atomic E-state index is 10.4. The monoisotopic (exact) mass is 325 g/mol. The fourth-order valence-electron chi connectivity index (χ4n) is 2.81. The molecule has 0 bridgehead atoms. The van der Waals surface area contributed by atoms with E-state index >= 15 is 0 Å². The third-order valence-corrected chi connectivity index (χ3v) is 4.64. The molecule has 0 aliphatic heterocycles. The van der Waals surface area contributed by atoms with Gasteiger partial charge in [0.2, 0.25) is 0 Å². The van der Waals surface area contributed by atoms with Crippen LogP contribution in [-0.2, 0) is 10.8 Å². The molecule has 2 nitrogen and oxygen atoms in total. The molecule has 2 rings (SSSR count). The van der Waals surface area contributed by atoms with E-state index in [0.29, 0.717) is 0 Å². The highest BCUT2D eigenvalue weighted by Crippen LogP contribution is 2.39. The van der Waals surface area contributed by atoms with Crippen molar-refractivity contribution in [3.8, 4) is 11.5 Å². The lowest BCUT2D eigenvalue weighted by atomic mass is 9.81. The Hall–Kier alpha value is -1.96. The van der Waals surface area contributed by atoms with Crippen molar-refractivity contribution >= 4 is 0 Å². The third kappa shape index (κ3) is 3.75. The van der Waals surface area contributed by atoms with Crippen LogP contribution in [-0.4, -0.2) is 10.2 Å². The second kappa shape index (κ2) is 6.16. The Labute approximate surface area is 146 Å². The highest BCUT2D eigenvalue weighted by molar-refractivity contribution is 5.49. The van der Waals surface area contributed by atoms with E-state index in [2.05, 4.69) is 47.6 Å². The third-order valence-electron chi connectivity index (χ3n) is 4.64. The first-order valence-corrected chi connectivity index (χ1v) is 8.49. The van der Waals surface area contributed by atoms with Crippen molar-refractivity contribution in [3.63, 3.8) is 0 Å². The summed E-state index contributed by atoms with van der Waals surface area (Å²) >= 11 is 0. The lowest BCUT2D eigenvalue weighted by Crippen LogP contribution is -2.13. The van der Waals surface area contributed by atoms with Gasteiger partial charge in [0.05, 0.1) is 0 Å². The summed E-state index contributed by atoms with van der Waals surface area (Å²) in [5.41, 5.74) is 3.89. The Balaban J connectivity index is 2.55. The van der Waals surface area contributed by atoms with Crippen LogP contribution in [0.3, 0.4) is 0 Å². The summed E-state index contributed by atoms with van der Waals surface area (Å²) in [5.74, 6) is 0.290. The van der Waals surface area contributed by atoms with Gasteiger partial charge in [-0.05, 0) is 34.1 Å². The van der Waals surface area contributed by atoms with Crippen molar-refractivity contribution in [1.29, 1.82) is 0 Å². The molecule has 0 aliphatic carbocycles. The molecular weight excluding hydrogens is 296 g/mol. The minimum absolute atomic E-state index is 0.00357. The standard InChI is InChI=1S/C22H29O2/c1-14(17-12-15(21(2,3)4)8-10-19(17)23)18-13-16(22(5,6)7)9-11-20(18)24/h8-10,12-14,23-24H,1-7H3. The van der Waals surface area contributed by atoms with E-state index in [1.807, 2.05) is 31.2 Å². The SMILES string of the molecule is CC(c1cc(C(C)(C)C)c[c]c1O)c1cc(C(C)(C)C)ccc1O. The van der Waals surface area contributed by atoms with E-state index < -0.39 is 0 Å². The number of hydrogen-bond donors (Lipinski definition) is 2. The molecule has 24 heavy (non-hydrogen) atoms. The van der Waals surface area contributed by atoms with Gasteiger partial charge in [-0.1, -0.05) is 66.7 Å². The predicted octanol–water partition coefficient (Wildman–Crippen LogP) is 5.64. The molecule has 0 saturated heterocycles. The summed E-state index contributed by atoms with van der Waals surface area (Å²) in [5, 5.41) is 20.7. The van der Waals surface area contributed by atoms with E-state index in [4.69, 9.17) is 0 Å². The summed E-state index contributed by atoms with van der Waals surface area (Å²) in [4.78, 5) is 0. The number of aromatic hydroxyl groups is 2. The van der Waals surface area contributed by atoms with Gasteiger partial charge in [0, 0.05) is 23.1 Å². The van der Waals surface area contributed by atoms with Gasteiger partial charge in [-0.2, -0.15) is 0 Å². The minimum atomic E-state index is -0.120. The summed E-state index contributed by atoms with van der Waals surface area (Å²) in [6.45, 7) is 14.9. The average molecular weight is 325 g/mol. The van der Waals surface area contributed by atoms with Crippen molar-refractivity contribution in [2.24, 2.45) is 0 Å². The summed E-state index contributed by atoms with van der Waals surface area (Å²) in [6, 6.07) is 12.6.